The Kier molecular flexibility index (Phi) is 7.11. The van der Waals surface area contributed by atoms with Crippen LogP contribution in [0.5, 0.6) is 0 Å². The molecule has 0 unspecified atom stereocenters. The van der Waals surface area contributed by atoms with Gasteiger partial charge in [-0.3, -0.25) is 19.2 Å². The summed E-state index contributed by atoms with van der Waals surface area (Å²) in [6.07, 6.45) is -7.10. The SMILES string of the molecule is CC(=O)O[C@@H]1[C@@H](OC(C)=O)[C@H](OC(C)=O)CO[C@H](O)[C@H]1OC(C)=O. The van der Waals surface area contributed by atoms with Gasteiger partial charge in [0.25, 0.3) is 0 Å². The summed E-state index contributed by atoms with van der Waals surface area (Å²) in [4.78, 5) is 45.3. The topological polar surface area (TPSA) is 135 Å². The first-order valence-corrected chi connectivity index (χ1v) is 7.10. The van der Waals surface area contributed by atoms with Crippen LogP contribution >= 0.6 is 0 Å². The number of esters is 4. The van der Waals surface area contributed by atoms with Crippen LogP contribution in [0.25, 0.3) is 0 Å². The maximum Gasteiger partial charge on any atom is 0.303 e. The highest BCUT2D eigenvalue weighted by Crippen LogP contribution is 2.25. The third-order valence-corrected chi connectivity index (χ3v) is 2.95. The highest BCUT2D eigenvalue weighted by Gasteiger charge is 2.49. The Morgan fingerprint density at radius 2 is 1.17 bits per heavy atom. The molecule has 0 aromatic carbocycles. The van der Waals surface area contributed by atoms with Gasteiger partial charge in [0.2, 0.25) is 0 Å². The van der Waals surface area contributed by atoms with Gasteiger partial charge in [-0.1, -0.05) is 0 Å². The van der Waals surface area contributed by atoms with Crippen molar-refractivity contribution in [1.29, 1.82) is 0 Å². The fraction of sp³-hybridized carbons (Fsp3) is 0.714. The van der Waals surface area contributed by atoms with Gasteiger partial charge in [-0.15, -0.1) is 0 Å². The summed E-state index contributed by atoms with van der Waals surface area (Å²) in [5.74, 6) is -3.03. The molecule has 0 aliphatic carbocycles. The molecule has 1 aliphatic rings. The van der Waals surface area contributed by atoms with E-state index < -0.39 is 54.6 Å². The highest BCUT2D eigenvalue weighted by molar-refractivity contribution is 5.69. The van der Waals surface area contributed by atoms with Gasteiger partial charge in [0, 0.05) is 27.7 Å². The maximum absolute atomic E-state index is 11.4. The Labute approximate surface area is 137 Å². The van der Waals surface area contributed by atoms with E-state index in [1.165, 1.54) is 0 Å². The van der Waals surface area contributed by atoms with Crippen molar-refractivity contribution in [3.8, 4) is 0 Å². The van der Waals surface area contributed by atoms with Crippen molar-refractivity contribution in [2.24, 2.45) is 0 Å². The van der Waals surface area contributed by atoms with E-state index in [0.717, 1.165) is 27.7 Å². The number of hydrogen-bond donors (Lipinski definition) is 1. The van der Waals surface area contributed by atoms with Gasteiger partial charge in [0.1, 0.15) is 0 Å². The summed E-state index contributed by atoms with van der Waals surface area (Å²) in [6.45, 7) is 4.00. The Balaban J connectivity index is 3.25. The van der Waals surface area contributed by atoms with E-state index >= 15 is 0 Å². The number of rotatable bonds is 4. The van der Waals surface area contributed by atoms with Gasteiger partial charge in [0.15, 0.2) is 30.7 Å². The molecule has 136 valence electrons. The summed E-state index contributed by atoms with van der Waals surface area (Å²) in [6, 6.07) is 0. The number of ether oxygens (including phenoxy) is 5. The van der Waals surface area contributed by atoms with Gasteiger partial charge < -0.3 is 28.8 Å². The summed E-state index contributed by atoms with van der Waals surface area (Å²) >= 11 is 0. The first kappa shape index (κ1) is 19.8. The fourth-order valence-corrected chi connectivity index (χ4v) is 2.24. The number of aliphatic hydroxyl groups is 1. The number of hydrogen-bond acceptors (Lipinski definition) is 10. The van der Waals surface area contributed by atoms with Crippen LogP contribution < -0.4 is 0 Å². The molecular weight excluding hydrogens is 328 g/mol. The second kappa shape index (κ2) is 8.60. The minimum Gasteiger partial charge on any atom is -0.456 e. The lowest BCUT2D eigenvalue weighted by molar-refractivity contribution is -0.214. The van der Waals surface area contributed by atoms with Crippen LogP contribution in [0.2, 0.25) is 0 Å². The van der Waals surface area contributed by atoms with Crippen LogP contribution in [0, 0.1) is 0 Å². The van der Waals surface area contributed by atoms with Crippen molar-refractivity contribution in [3.05, 3.63) is 0 Å². The van der Waals surface area contributed by atoms with Crippen molar-refractivity contribution in [2.45, 2.75) is 58.4 Å². The summed E-state index contributed by atoms with van der Waals surface area (Å²) in [5.41, 5.74) is 0. The molecule has 1 fully saturated rings. The molecule has 0 saturated carbocycles. The van der Waals surface area contributed by atoms with E-state index in [1.807, 2.05) is 0 Å². The summed E-state index contributed by atoms with van der Waals surface area (Å²) in [7, 11) is 0. The monoisotopic (exact) mass is 348 g/mol. The van der Waals surface area contributed by atoms with Gasteiger partial charge in [-0.05, 0) is 0 Å². The minimum absolute atomic E-state index is 0.367. The van der Waals surface area contributed by atoms with E-state index in [9.17, 15) is 24.3 Å². The Hall–Kier alpha value is -2.20. The first-order chi connectivity index (χ1) is 11.1. The van der Waals surface area contributed by atoms with E-state index in [0.29, 0.717) is 0 Å². The van der Waals surface area contributed by atoms with E-state index in [-0.39, 0.29) is 6.61 Å². The fourth-order valence-electron chi connectivity index (χ4n) is 2.24. The van der Waals surface area contributed by atoms with Crippen LogP contribution in [0.15, 0.2) is 0 Å². The zero-order valence-electron chi connectivity index (χ0n) is 13.7. The molecule has 1 rings (SSSR count). The van der Waals surface area contributed by atoms with Crippen LogP contribution in [0.1, 0.15) is 27.7 Å². The normalized spacial score (nSPS) is 29.8. The third-order valence-electron chi connectivity index (χ3n) is 2.95. The van der Waals surface area contributed by atoms with E-state index in [4.69, 9.17) is 23.7 Å². The van der Waals surface area contributed by atoms with Gasteiger partial charge in [0.05, 0.1) is 6.61 Å². The zero-order chi connectivity index (χ0) is 18.4. The Morgan fingerprint density at radius 1 is 0.750 bits per heavy atom. The van der Waals surface area contributed by atoms with E-state index in [1.54, 1.807) is 0 Å². The molecule has 5 atom stereocenters. The Bertz CT molecular complexity index is 502. The quantitative estimate of drug-likeness (QED) is 0.501. The predicted octanol–water partition coefficient (Wildman–Crippen LogP) is -0.938. The molecule has 1 saturated heterocycles. The van der Waals surface area contributed by atoms with Gasteiger partial charge >= 0.3 is 23.9 Å². The molecule has 0 aromatic heterocycles. The molecule has 0 bridgehead atoms. The summed E-state index contributed by atoms with van der Waals surface area (Å²) < 4.78 is 25.2. The number of carbonyl (C=O) groups is 4. The standard InChI is InChI=1S/C14H20O10/c1-6(15)21-10-5-20-14(19)13(24-9(4)18)12(23-8(3)17)11(10)22-7(2)16/h10-14,19H,5H2,1-4H3/t10-,11+,12-,13+,14+/m1/s1. The average molecular weight is 348 g/mol. The van der Waals surface area contributed by atoms with Crippen LogP contribution in [0.4, 0.5) is 0 Å². The molecule has 0 radical (unpaired) electrons. The molecule has 1 N–H and O–H groups in total. The molecule has 10 nitrogen and oxygen atoms in total. The van der Waals surface area contributed by atoms with Gasteiger partial charge in [-0.2, -0.15) is 0 Å². The minimum atomic E-state index is -1.68. The average Bonchev–Trinajstić information content (AvgIpc) is 2.52. The first-order valence-electron chi connectivity index (χ1n) is 7.10. The lowest BCUT2D eigenvalue weighted by Gasteiger charge is -2.32. The third kappa shape index (κ3) is 5.78. The lowest BCUT2D eigenvalue weighted by atomic mass is 10.0. The largest absolute Gasteiger partial charge is 0.456 e. The Morgan fingerprint density at radius 3 is 1.62 bits per heavy atom. The summed E-state index contributed by atoms with van der Waals surface area (Å²) in [5, 5.41) is 10.0. The highest BCUT2D eigenvalue weighted by atomic mass is 16.7. The van der Waals surface area contributed by atoms with Crippen LogP contribution in [-0.2, 0) is 42.9 Å². The zero-order valence-corrected chi connectivity index (χ0v) is 13.7. The van der Waals surface area contributed by atoms with Crippen molar-refractivity contribution in [2.75, 3.05) is 6.61 Å². The van der Waals surface area contributed by atoms with Crippen molar-refractivity contribution >= 4 is 23.9 Å². The number of carbonyl (C=O) groups excluding carboxylic acids is 4. The van der Waals surface area contributed by atoms with Crippen LogP contribution in [0.3, 0.4) is 0 Å². The lowest BCUT2D eigenvalue weighted by Crippen LogP contribution is -2.52. The van der Waals surface area contributed by atoms with Gasteiger partial charge in [-0.25, -0.2) is 0 Å². The second-order valence-electron chi connectivity index (χ2n) is 5.09. The molecule has 24 heavy (non-hydrogen) atoms. The molecule has 0 amide bonds. The number of aliphatic hydroxyl groups excluding tert-OH is 1. The molecule has 0 spiro atoms. The molecular formula is C14H20O10. The smallest absolute Gasteiger partial charge is 0.303 e. The maximum atomic E-state index is 11.4. The molecule has 1 aliphatic heterocycles. The molecule has 10 heteroatoms. The molecule has 0 aromatic rings. The van der Waals surface area contributed by atoms with Crippen molar-refractivity contribution in [1.82, 2.24) is 0 Å². The molecule has 1 heterocycles. The predicted molar refractivity (Wildman–Crippen MR) is 74.2 cm³/mol. The van der Waals surface area contributed by atoms with Crippen LogP contribution in [-0.4, -0.2) is 66.3 Å². The van der Waals surface area contributed by atoms with Crippen molar-refractivity contribution in [3.63, 3.8) is 0 Å². The second-order valence-corrected chi connectivity index (χ2v) is 5.09. The van der Waals surface area contributed by atoms with Crippen molar-refractivity contribution < 1.29 is 48.0 Å². The van der Waals surface area contributed by atoms with E-state index in [2.05, 4.69) is 0 Å².